The van der Waals surface area contributed by atoms with Crippen LogP contribution >= 0.6 is 11.3 Å². The van der Waals surface area contributed by atoms with Crippen molar-refractivity contribution in [3.63, 3.8) is 0 Å². The Morgan fingerprint density at radius 1 is 1.22 bits per heavy atom. The first-order valence-corrected chi connectivity index (χ1v) is 13.4. The Morgan fingerprint density at radius 2 is 1.89 bits per heavy atom. The number of carbonyl (C=O) groups excluding carboxylic acids is 2. The van der Waals surface area contributed by atoms with Crippen molar-refractivity contribution in [3.05, 3.63) is 51.5 Å². The number of ketones is 1. The minimum Gasteiger partial charge on any atom is -0.384 e. The molecule has 0 bridgehead atoms. The molecule has 3 N–H and O–H groups in total. The highest BCUT2D eigenvalue weighted by Gasteiger charge is 2.38. The Hall–Kier alpha value is -2.59. The van der Waals surface area contributed by atoms with Crippen molar-refractivity contribution in [2.75, 3.05) is 0 Å². The minimum atomic E-state index is -4.54. The molecule has 6 nitrogen and oxygen atoms in total. The SMILES string of the molecule is CC(C)c1ncc(C2(O)CCC(C(=N)C[C@@H](C)NC(=O)CCC(=O)c3cccc(C(F)(F)F)c3)CC2)s1. The molecule has 0 saturated heterocycles. The van der Waals surface area contributed by atoms with Crippen LogP contribution in [0.5, 0.6) is 0 Å². The number of hydrogen-bond donors (Lipinski definition) is 3. The zero-order chi connectivity index (χ0) is 27.4. The molecule has 1 fully saturated rings. The van der Waals surface area contributed by atoms with Crippen LogP contribution in [-0.2, 0) is 16.6 Å². The van der Waals surface area contributed by atoms with E-state index in [0.717, 1.165) is 22.0 Å². The monoisotopic (exact) mass is 537 g/mol. The van der Waals surface area contributed by atoms with Crippen LogP contribution in [0.3, 0.4) is 0 Å². The van der Waals surface area contributed by atoms with E-state index in [1.54, 1.807) is 24.5 Å². The maximum absolute atomic E-state index is 12.9. The van der Waals surface area contributed by atoms with E-state index in [4.69, 9.17) is 5.41 Å². The van der Waals surface area contributed by atoms with E-state index in [2.05, 4.69) is 24.1 Å². The molecule has 0 unspecified atom stereocenters. The molecule has 3 rings (SSSR count). The summed E-state index contributed by atoms with van der Waals surface area (Å²) in [6, 6.07) is 3.86. The van der Waals surface area contributed by atoms with Crippen molar-refractivity contribution in [3.8, 4) is 0 Å². The summed E-state index contributed by atoms with van der Waals surface area (Å²) in [7, 11) is 0. The molecule has 1 amide bonds. The molecule has 1 aliphatic carbocycles. The van der Waals surface area contributed by atoms with E-state index in [1.807, 2.05) is 0 Å². The third-order valence-electron chi connectivity index (χ3n) is 6.81. The summed E-state index contributed by atoms with van der Waals surface area (Å²) in [4.78, 5) is 29.9. The standard InChI is InChI=1S/C27H34F3N3O3S/c1-16(2)25-32-15-23(37-25)26(36)11-9-18(10-12-26)21(31)13-17(3)33-24(35)8-7-22(34)19-5-4-6-20(14-19)27(28,29)30/h4-6,14-18,31,36H,7-13H2,1-3H3,(H,33,35)/t17-,18?,26?/m1/s1. The number of benzene rings is 1. The lowest BCUT2D eigenvalue weighted by Crippen LogP contribution is -2.37. The van der Waals surface area contributed by atoms with Crippen LogP contribution < -0.4 is 5.32 Å². The molecule has 0 spiro atoms. The number of alkyl halides is 3. The number of aromatic nitrogens is 1. The summed E-state index contributed by atoms with van der Waals surface area (Å²) in [5.41, 5.74) is -1.37. The van der Waals surface area contributed by atoms with Gasteiger partial charge in [0.2, 0.25) is 5.91 Å². The van der Waals surface area contributed by atoms with Gasteiger partial charge in [-0.2, -0.15) is 13.2 Å². The van der Waals surface area contributed by atoms with Gasteiger partial charge >= 0.3 is 6.18 Å². The summed E-state index contributed by atoms with van der Waals surface area (Å²) < 4.78 is 38.6. The van der Waals surface area contributed by atoms with Crippen LogP contribution in [0, 0.1) is 11.3 Å². The van der Waals surface area contributed by atoms with Gasteiger partial charge in [-0.25, -0.2) is 4.98 Å². The highest BCUT2D eigenvalue weighted by atomic mass is 32.1. The molecule has 1 aromatic carbocycles. The average Bonchev–Trinajstić information content (AvgIpc) is 3.34. The molecule has 1 aromatic heterocycles. The Balaban J connectivity index is 1.43. The molecule has 1 saturated carbocycles. The number of thiazole rings is 1. The number of amides is 1. The molecular weight excluding hydrogens is 503 g/mol. The minimum absolute atomic E-state index is 0.0274. The summed E-state index contributed by atoms with van der Waals surface area (Å²) in [6.45, 7) is 5.92. The molecular formula is C27H34F3N3O3S. The zero-order valence-corrected chi connectivity index (χ0v) is 22.1. The smallest absolute Gasteiger partial charge is 0.384 e. The van der Waals surface area contributed by atoms with Gasteiger partial charge in [0.1, 0.15) is 5.60 Å². The Bertz CT molecular complexity index is 1120. The van der Waals surface area contributed by atoms with E-state index in [1.165, 1.54) is 12.1 Å². The van der Waals surface area contributed by atoms with Crippen molar-refractivity contribution < 1.29 is 27.9 Å². The summed E-state index contributed by atoms with van der Waals surface area (Å²) >= 11 is 1.54. The van der Waals surface area contributed by atoms with Crippen molar-refractivity contribution >= 4 is 28.7 Å². The molecule has 202 valence electrons. The number of nitrogens with zero attached hydrogens (tertiary/aromatic N) is 1. The van der Waals surface area contributed by atoms with Gasteiger partial charge < -0.3 is 15.8 Å². The average molecular weight is 538 g/mol. The van der Waals surface area contributed by atoms with E-state index < -0.39 is 23.1 Å². The van der Waals surface area contributed by atoms with Crippen molar-refractivity contribution in [1.82, 2.24) is 10.3 Å². The van der Waals surface area contributed by atoms with Crippen molar-refractivity contribution in [2.24, 2.45) is 5.92 Å². The van der Waals surface area contributed by atoms with Crippen LogP contribution in [0.4, 0.5) is 13.2 Å². The second-order valence-electron chi connectivity index (χ2n) is 10.2. The highest BCUT2D eigenvalue weighted by molar-refractivity contribution is 7.11. The third-order valence-corrected chi connectivity index (χ3v) is 8.30. The zero-order valence-electron chi connectivity index (χ0n) is 21.3. The first kappa shape index (κ1) is 29.0. The second kappa shape index (κ2) is 11.9. The topological polar surface area (TPSA) is 103 Å². The first-order chi connectivity index (χ1) is 17.3. The van der Waals surface area contributed by atoms with Gasteiger partial charge in [-0.1, -0.05) is 26.0 Å². The Morgan fingerprint density at radius 3 is 2.49 bits per heavy atom. The fraction of sp³-hybridized carbons (Fsp3) is 0.556. The van der Waals surface area contributed by atoms with Gasteiger partial charge in [0.25, 0.3) is 0 Å². The second-order valence-corrected chi connectivity index (χ2v) is 11.3. The van der Waals surface area contributed by atoms with E-state index >= 15 is 0 Å². The van der Waals surface area contributed by atoms with Crippen molar-refractivity contribution in [1.29, 1.82) is 5.41 Å². The fourth-order valence-corrected chi connectivity index (χ4v) is 5.66. The molecule has 0 radical (unpaired) electrons. The number of halogens is 3. The van der Waals surface area contributed by atoms with Crippen LogP contribution in [0.25, 0.3) is 0 Å². The molecule has 10 heteroatoms. The van der Waals surface area contributed by atoms with Crippen LogP contribution in [0.15, 0.2) is 30.5 Å². The predicted molar refractivity (Wildman–Crippen MR) is 137 cm³/mol. The lowest BCUT2D eigenvalue weighted by atomic mass is 9.75. The van der Waals surface area contributed by atoms with Crippen molar-refractivity contribution in [2.45, 2.75) is 89.5 Å². The van der Waals surface area contributed by atoms with Gasteiger partial charge in [0, 0.05) is 48.7 Å². The number of hydrogen-bond acceptors (Lipinski definition) is 6. The van der Waals surface area contributed by atoms with Gasteiger partial charge in [-0.05, 0) is 50.7 Å². The van der Waals surface area contributed by atoms with Gasteiger partial charge in [0.05, 0.1) is 15.4 Å². The molecule has 0 aliphatic heterocycles. The van der Waals surface area contributed by atoms with Crippen LogP contribution in [0.1, 0.15) is 97.4 Å². The summed E-state index contributed by atoms with van der Waals surface area (Å²) in [6.07, 6.45) is -0.299. The lowest BCUT2D eigenvalue weighted by Gasteiger charge is -2.35. The van der Waals surface area contributed by atoms with Gasteiger partial charge in [-0.15, -0.1) is 11.3 Å². The summed E-state index contributed by atoms with van der Waals surface area (Å²) in [5, 5.41) is 23.4. The predicted octanol–water partition coefficient (Wildman–Crippen LogP) is 6.24. The van der Waals surface area contributed by atoms with E-state index in [9.17, 15) is 27.9 Å². The van der Waals surface area contributed by atoms with E-state index in [-0.39, 0.29) is 36.3 Å². The normalized spacial score (nSPS) is 21.0. The maximum atomic E-state index is 12.9. The number of carbonyl (C=O) groups is 2. The number of rotatable bonds is 10. The molecule has 1 aliphatic rings. The Labute approximate surface area is 219 Å². The fourth-order valence-electron chi connectivity index (χ4n) is 4.59. The van der Waals surface area contributed by atoms with E-state index in [0.29, 0.717) is 43.7 Å². The van der Waals surface area contributed by atoms with Crippen LogP contribution in [-0.4, -0.2) is 33.5 Å². The number of aliphatic hydroxyl groups is 1. The van der Waals surface area contributed by atoms with Gasteiger partial charge in [0.15, 0.2) is 5.78 Å². The largest absolute Gasteiger partial charge is 0.416 e. The Kier molecular flexibility index (Phi) is 9.28. The molecule has 2 aromatic rings. The molecule has 37 heavy (non-hydrogen) atoms. The van der Waals surface area contributed by atoms with Gasteiger partial charge in [-0.3, -0.25) is 9.59 Å². The number of nitrogens with one attached hydrogen (secondary N) is 2. The first-order valence-electron chi connectivity index (χ1n) is 12.5. The van der Waals surface area contributed by atoms with Crippen LogP contribution in [0.2, 0.25) is 0 Å². The highest BCUT2D eigenvalue weighted by Crippen LogP contribution is 2.43. The summed E-state index contributed by atoms with van der Waals surface area (Å²) in [5.74, 6) is -0.579. The maximum Gasteiger partial charge on any atom is 0.416 e. The molecule has 1 heterocycles. The lowest BCUT2D eigenvalue weighted by molar-refractivity contribution is -0.137. The number of Topliss-reactive ketones (excluding diaryl/α,β-unsaturated/α-hetero) is 1. The third kappa shape index (κ3) is 7.70. The molecule has 1 atom stereocenters. The quantitative estimate of drug-likeness (QED) is 0.247.